The molecule has 116 valence electrons. The van der Waals surface area contributed by atoms with Crippen LogP contribution in [0.4, 0.5) is 0 Å². The highest BCUT2D eigenvalue weighted by Gasteiger charge is 2.42. The highest BCUT2D eigenvalue weighted by atomic mass is 32.2. The van der Waals surface area contributed by atoms with Crippen LogP contribution in [-0.4, -0.2) is 47.1 Å². The summed E-state index contributed by atoms with van der Waals surface area (Å²) in [5, 5.41) is 4.82. The van der Waals surface area contributed by atoms with Gasteiger partial charge in [0.25, 0.3) is 0 Å². The third kappa shape index (κ3) is 3.05. The standard InChI is InChI=1S/C17H32N2S/c1-14-12-18-17(10-6-3-7-11-17)13-19(14)15-8-4-5-9-16(15)20-2/h14-16,18H,3-13H2,1-2H3. The van der Waals surface area contributed by atoms with E-state index < -0.39 is 0 Å². The van der Waals surface area contributed by atoms with Crippen LogP contribution < -0.4 is 5.32 Å². The fourth-order valence-corrected chi connectivity index (χ4v) is 5.79. The molecule has 3 fully saturated rings. The molecular weight excluding hydrogens is 264 g/mol. The molecule has 0 aromatic rings. The topological polar surface area (TPSA) is 15.3 Å². The monoisotopic (exact) mass is 296 g/mol. The van der Waals surface area contributed by atoms with E-state index in [0.717, 1.165) is 17.3 Å². The van der Waals surface area contributed by atoms with E-state index in [4.69, 9.17) is 0 Å². The van der Waals surface area contributed by atoms with Gasteiger partial charge < -0.3 is 5.32 Å². The predicted octanol–water partition coefficient (Wildman–Crippen LogP) is 3.66. The number of nitrogens with one attached hydrogen (secondary N) is 1. The summed E-state index contributed by atoms with van der Waals surface area (Å²) >= 11 is 2.12. The van der Waals surface area contributed by atoms with Crippen molar-refractivity contribution in [3.63, 3.8) is 0 Å². The Bertz CT molecular complexity index is 314. The van der Waals surface area contributed by atoms with Gasteiger partial charge in [0.1, 0.15) is 0 Å². The Morgan fingerprint density at radius 1 is 1.05 bits per heavy atom. The molecule has 1 heterocycles. The second kappa shape index (κ2) is 6.58. The first kappa shape index (κ1) is 15.2. The van der Waals surface area contributed by atoms with Crippen LogP contribution >= 0.6 is 11.8 Å². The van der Waals surface area contributed by atoms with Gasteiger partial charge in [-0.05, 0) is 38.9 Å². The largest absolute Gasteiger partial charge is 0.308 e. The van der Waals surface area contributed by atoms with Crippen LogP contribution in [-0.2, 0) is 0 Å². The first-order chi connectivity index (χ1) is 9.74. The molecule has 20 heavy (non-hydrogen) atoms. The maximum Gasteiger partial charge on any atom is 0.0309 e. The van der Waals surface area contributed by atoms with Crippen molar-refractivity contribution in [2.24, 2.45) is 0 Å². The Morgan fingerprint density at radius 2 is 1.80 bits per heavy atom. The molecule has 3 heteroatoms. The molecule has 3 aliphatic rings. The molecule has 2 saturated carbocycles. The summed E-state index contributed by atoms with van der Waals surface area (Å²) in [5.74, 6) is 0. The first-order valence-electron chi connectivity index (χ1n) is 8.78. The quantitative estimate of drug-likeness (QED) is 0.837. The molecule has 3 rings (SSSR count). The number of thioether (sulfide) groups is 1. The van der Waals surface area contributed by atoms with Crippen molar-refractivity contribution in [2.75, 3.05) is 19.3 Å². The molecule has 3 atom stereocenters. The van der Waals surface area contributed by atoms with Crippen LogP contribution in [0.2, 0.25) is 0 Å². The predicted molar refractivity (Wildman–Crippen MR) is 89.5 cm³/mol. The van der Waals surface area contributed by atoms with Gasteiger partial charge >= 0.3 is 0 Å². The van der Waals surface area contributed by atoms with Gasteiger partial charge in [0.15, 0.2) is 0 Å². The zero-order valence-electron chi connectivity index (χ0n) is 13.4. The number of rotatable bonds is 2. The summed E-state index contributed by atoms with van der Waals surface area (Å²) in [6.07, 6.45) is 15.2. The molecule has 1 spiro atoms. The van der Waals surface area contributed by atoms with Gasteiger partial charge in [0.2, 0.25) is 0 Å². The molecular formula is C17H32N2S. The van der Waals surface area contributed by atoms with Crippen molar-refractivity contribution in [2.45, 2.75) is 87.6 Å². The summed E-state index contributed by atoms with van der Waals surface area (Å²) in [5.41, 5.74) is 0.463. The number of hydrogen-bond acceptors (Lipinski definition) is 3. The Kier molecular flexibility index (Phi) is 4.99. The molecule has 0 amide bonds. The van der Waals surface area contributed by atoms with Gasteiger partial charge in [-0.25, -0.2) is 0 Å². The molecule has 0 bridgehead atoms. The van der Waals surface area contributed by atoms with E-state index in [1.165, 1.54) is 70.9 Å². The fraction of sp³-hybridized carbons (Fsp3) is 1.00. The van der Waals surface area contributed by atoms with E-state index in [-0.39, 0.29) is 0 Å². The van der Waals surface area contributed by atoms with Gasteiger partial charge in [-0.2, -0.15) is 11.8 Å². The SMILES string of the molecule is CSC1CCCCC1N1CC2(CCCCC2)NCC1C. The highest BCUT2D eigenvalue weighted by molar-refractivity contribution is 7.99. The third-order valence-electron chi connectivity index (χ3n) is 6.03. The average molecular weight is 297 g/mol. The number of nitrogens with zero attached hydrogens (tertiary/aromatic N) is 1. The molecule has 1 N–H and O–H groups in total. The van der Waals surface area contributed by atoms with E-state index in [2.05, 4.69) is 35.2 Å². The lowest BCUT2D eigenvalue weighted by atomic mass is 9.78. The van der Waals surface area contributed by atoms with Crippen molar-refractivity contribution in [1.29, 1.82) is 0 Å². The van der Waals surface area contributed by atoms with E-state index in [0.29, 0.717) is 5.54 Å². The maximum atomic E-state index is 3.94. The zero-order chi connectivity index (χ0) is 14.0. The third-order valence-corrected chi connectivity index (χ3v) is 7.19. The summed E-state index contributed by atoms with van der Waals surface area (Å²) < 4.78 is 0. The molecule has 1 aliphatic heterocycles. The minimum atomic E-state index is 0.463. The maximum absolute atomic E-state index is 3.94. The highest BCUT2D eigenvalue weighted by Crippen LogP contribution is 2.37. The van der Waals surface area contributed by atoms with Gasteiger partial charge in [-0.1, -0.05) is 32.1 Å². The minimum absolute atomic E-state index is 0.463. The van der Waals surface area contributed by atoms with Crippen molar-refractivity contribution >= 4 is 11.8 Å². The summed E-state index contributed by atoms with van der Waals surface area (Å²) in [6, 6.07) is 1.56. The minimum Gasteiger partial charge on any atom is -0.308 e. The number of hydrogen-bond donors (Lipinski definition) is 1. The van der Waals surface area contributed by atoms with Crippen LogP contribution in [0.25, 0.3) is 0 Å². The van der Waals surface area contributed by atoms with Crippen molar-refractivity contribution in [3.8, 4) is 0 Å². The van der Waals surface area contributed by atoms with Crippen LogP contribution in [0, 0.1) is 0 Å². The van der Waals surface area contributed by atoms with E-state index in [9.17, 15) is 0 Å². The summed E-state index contributed by atoms with van der Waals surface area (Å²) in [4.78, 5) is 2.90. The second-order valence-corrected chi connectivity index (χ2v) is 8.45. The van der Waals surface area contributed by atoms with Crippen LogP contribution in [0.1, 0.15) is 64.7 Å². The van der Waals surface area contributed by atoms with E-state index in [1.54, 1.807) is 0 Å². The lowest BCUT2D eigenvalue weighted by Crippen LogP contribution is -2.67. The summed E-state index contributed by atoms with van der Waals surface area (Å²) in [7, 11) is 0. The first-order valence-corrected chi connectivity index (χ1v) is 10.1. The Labute approximate surface area is 129 Å². The lowest BCUT2D eigenvalue weighted by Gasteiger charge is -2.53. The Morgan fingerprint density at radius 3 is 2.55 bits per heavy atom. The molecule has 2 aliphatic carbocycles. The van der Waals surface area contributed by atoms with Crippen LogP contribution in [0.5, 0.6) is 0 Å². The van der Waals surface area contributed by atoms with Crippen LogP contribution in [0.15, 0.2) is 0 Å². The van der Waals surface area contributed by atoms with Gasteiger partial charge in [0, 0.05) is 36.0 Å². The van der Waals surface area contributed by atoms with Crippen molar-refractivity contribution < 1.29 is 0 Å². The van der Waals surface area contributed by atoms with E-state index in [1.807, 2.05) is 0 Å². The molecule has 0 aromatic heterocycles. The van der Waals surface area contributed by atoms with Gasteiger partial charge in [0.05, 0.1) is 0 Å². The lowest BCUT2D eigenvalue weighted by molar-refractivity contribution is 0.0211. The fourth-order valence-electron chi connectivity index (χ4n) is 4.78. The normalized spacial score (nSPS) is 39.0. The average Bonchev–Trinajstić information content (AvgIpc) is 2.51. The Hall–Kier alpha value is 0.270. The second-order valence-electron chi connectivity index (χ2n) is 7.37. The Balaban J connectivity index is 1.72. The van der Waals surface area contributed by atoms with Crippen molar-refractivity contribution in [3.05, 3.63) is 0 Å². The van der Waals surface area contributed by atoms with Crippen molar-refractivity contribution in [1.82, 2.24) is 10.2 Å². The summed E-state index contributed by atoms with van der Waals surface area (Å²) in [6.45, 7) is 4.96. The molecule has 1 saturated heterocycles. The molecule has 0 radical (unpaired) electrons. The number of piperazine rings is 1. The molecule has 0 aromatic carbocycles. The van der Waals surface area contributed by atoms with Gasteiger partial charge in [-0.15, -0.1) is 0 Å². The zero-order valence-corrected chi connectivity index (χ0v) is 14.2. The van der Waals surface area contributed by atoms with E-state index >= 15 is 0 Å². The molecule has 2 nitrogen and oxygen atoms in total. The van der Waals surface area contributed by atoms with Crippen LogP contribution in [0.3, 0.4) is 0 Å². The smallest absolute Gasteiger partial charge is 0.0309 e. The van der Waals surface area contributed by atoms with Gasteiger partial charge in [-0.3, -0.25) is 4.90 Å². The molecule has 3 unspecified atom stereocenters.